The largest absolute Gasteiger partial charge is 0.367 e. The van der Waals surface area contributed by atoms with E-state index < -0.39 is 0 Å². The van der Waals surface area contributed by atoms with Crippen molar-refractivity contribution in [1.29, 1.82) is 0 Å². The third-order valence-corrected chi connectivity index (χ3v) is 4.30. The first-order chi connectivity index (χ1) is 12.0. The number of halogens is 1. The molecule has 7 heteroatoms. The van der Waals surface area contributed by atoms with Crippen LogP contribution in [0.1, 0.15) is 18.4 Å². The van der Waals surface area contributed by atoms with Gasteiger partial charge in [0.15, 0.2) is 0 Å². The Labute approximate surface area is 145 Å². The SMILES string of the molecule is Cc1cc(NC(=O)N[C@@H]2CCCN(c3ccccc3F)C2)c[nH]c1=O. The Bertz CT molecular complexity index is 821. The highest BCUT2D eigenvalue weighted by atomic mass is 19.1. The lowest BCUT2D eigenvalue weighted by Crippen LogP contribution is -2.49. The molecular weight excluding hydrogens is 323 g/mol. The summed E-state index contributed by atoms with van der Waals surface area (Å²) in [5.74, 6) is -0.253. The molecule has 1 aliphatic rings. The molecule has 2 aromatic rings. The monoisotopic (exact) mass is 344 g/mol. The molecule has 2 heterocycles. The van der Waals surface area contributed by atoms with Gasteiger partial charge in [0.05, 0.1) is 11.4 Å². The fourth-order valence-corrected chi connectivity index (χ4v) is 3.04. The van der Waals surface area contributed by atoms with Gasteiger partial charge in [-0.25, -0.2) is 9.18 Å². The smallest absolute Gasteiger partial charge is 0.319 e. The number of nitrogens with one attached hydrogen (secondary N) is 3. The maximum Gasteiger partial charge on any atom is 0.319 e. The lowest BCUT2D eigenvalue weighted by molar-refractivity contribution is 0.246. The second-order valence-electron chi connectivity index (χ2n) is 6.24. The number of aromatic nitrogens is 1. The number of rotatable bonds is 3. The topological polar surface area (TPSA) is 77.2 Å². The summed E-state index contributed by atoms with van der Waals surface area (Å²) in [6.07, 6.45) is 3.17. The van der Waals surface area contributed by atoms with E-state index in [1.54, 1.807) is 31.2 Å². The number of aryl methyl sites for hydroxylation is 1. The summed E-state index contributed by atoms with van der Waals surface area (Å²) in [5.41, 5.74) is 1.43. The molecule has 0 saturated carbocycles. The molecule has 3 rings (SSSR count). The first-order valence-electron chi connectivity index (χ1n) is 8.29. The molecule has 25 heavy (non-hydrogen) atoms. The molecule has 1 aliphatic heterocycles. The number of carbonyl (C=O) groups excluding carboxylic acids is 1. The van der Waals surface area contributed by atoms with Crippen LogP contribution in [-0.4, -0.2) is 30.1 Å². The predicted molar refractivity (Wildman–Crippen MR) is 95.6 cm³/mol. The molecular formula is C18H21FN4O2. The Morgan fingerprint density at radius 2 is 2.16 bits per heavy atom. The van der Waals surface area contributed by atoms with Crippen molar-refractivity contribution < 1.29 is 9.18 Å². The maximum absolute atomic E-state index is 14.0. The highest BCUT2D eigenvalue weighted by Gasteiger charge is 2.23. The van der Waals surface area contributed by atoms with Crippen LogP contribution < -0.4 is 21.1 Å². The third-order valence-electron chi connectivity index (χ3n) is 4.30. The second-order valence-corrected chi connectivity index (χ2v) is 6.24. The minimum Gasteiger partial charge on any atom is -0.367 e. The number of piperidine rings is 1. The molecule has 0 radical (unpaired) electrons. The van der Waals surface area contributed by atoms with Crippen molar-refractivity contribution in [3.05, 3.63) is 58.3 Å². The number of benzene rings is 1. The van der Waals surface area contributed by atoms with Crippen LogP contribution in [0, 0.1) is 12.7 Å². The number of para-hydroxylation sites is 1. The summed E-state index contributed by atoms with van der Waals surface area (Å²) < 4.78 is 14.0. The zero-order chi connectivity index (χ0) is 17.8. The second kappa shape index (κ2) is 7.38. The standard InChI is InChI=1S/C18H21FN4O2/c1-12-9-14(10-20-17(12)24)22-18(25)21-13-5-4-8-23(11-13)16-7-3-2-6-15(16)19/h2-3,6-7,9-10,13H,4-5,8,11H2,1H3,(H,20,24)(H2,21,22,25)/t13-/m1/s1. The van der Waals surface area contributed by atoms with Crippen molar-refractivity contribution in [3.8, 4) is 0 Å². The molecule has 1 aromatic heterocycles. The zero-order valence-corrected chi connectivity index (χ0v) is 14.0. The predicted octanol–water partition coefficient (Wildman–Crippen LogP) is 2.61. The molecule has 1 fully saturated rings. The van der Waals surface area contributed by atoms with Gasteiger partial charge >= 0.3 is 6.03 Å². The minimum absolute atomic E-state index is 0.0720. The van der Waals surface area contributed by atoms with E-state index >= 15 is 0 Å². The van der Waals surface area contributed by atoms with Gasteiger partial charge in [-0.05, 0) is 38.0 Å². The van der Waals surface area contributed by atoms with Crippen LogP contribution in [-0.2, 0) is 0 Å². The lowest BCUT2D eigenvalue weighted by Gasteiger charge is -2.34. The van der Waals surface area contributed by atoms with Crippen LogP contribution in [0.5, 0.6) is 0 Å². The van der Waals surface area contributed by atoms with Crippen molar-refractivity contribution in [3.63, 3.8) is 0 Å². The molecule has 0 aliphatic carbocycles. The molecule has 1 aromatic carbocycles. The van der Waals surface area contributed by atoms with Crippen molar-refractivity contribution in [2.45, 2.75) is 25.8 Å². The van der Waals surface area contributed by atoms with E-state index in [4.69, 9.17) is 0 Å². The number of anilines is 2. The number of carbonyl (C=O) groups is 1. The Kier molecular flexibility index (Phi) is 5.02. The quantitative estimate of drug-likeness (QED) is 0.801. The van der Waals surface area contributed by atoms with Crippen LogP contribution in [0.25, 0.3) is 0 Å². The number of pyridine rings is 1. The average Bonchev–Trinajstić information content (AvgIpc) is 2.59. The number of H-pyrrole nitrogens is 1. The van der Waals surface area contributed by atoms with Gasteiger partial charge in [0.1, 0.15) is 5.82 Å². The summed E-state index contributed by atoms with van der Waals surface area (Å²) in [6, 6.07) is 7.87. The van der Waals surface area contributed by atoms with E-state index in [9.17, 15) is 14.0 Å². The molecule has 0 bridgehead atoms. The van der Waals surface area contributed by atoms with Crippen LogP contribution in [0.3, 0.4) is 0 Å². The first kappa shape index (κ1) is 17.0. The highest BCUT2D eigenvalue weighted by molar-refractivity contribution is 5.89. The molecule has 132 valence electrons. The Hall–Kier alpha value is -2.83. The molecule has 0 spiro atoms. The molecule has 6 nitrogen and oxygen atoms in total. The molecule has 1 saturated heterocycles. The molecule has 0 unspecified atom stereocenters. The minimum atomic E-state index is -0.341. The summed E-state index contributed by atoms with van der Waals surface area (Å²) in [7, 11) is 0. The van der Waals surface area contributed by atoms with E-state index in [1.165, 1.54) is 12.3 Å². The molecule has 1 atom stereocenters. The van der Waals surface area contributed by atoms with Crippen molar-refractivity contribution in [2.75, 3.05) is 23.3 Å². The Morgan fingerprint density at radius 1 is 1.36 bits per heavy atom. The summed E-state index contributed by atoms with van der Waals surface area (Å²) >= 11 is 0. The van der Waals surface area contributed by atoms with E-state index in [1.807, 2.05) is 4.90 Å². The van der Waals surface area contributed by atoms with E-state index in [2.05, 4.69) is 15.6 Å². The molecule has 3 N–H and O–H groups in total. The van der Waals surface area contributed by atoms with Crippen LogP contribution in [0.15, 0.2) is 41.3 Å². The number of nitrogens with zero attached hydrogens (tertiary/aromatic N) is 1. The van der Waals surface area contributed by atoms with Crippen molar-refractivity contribution >= 4 is 17.4 Å². The van der Waals surface area contributed by atoms with Gasteiger partial charge in [-0.15, -0.1) is 0 Å². The summed E-state index contributed by atoms with van der Waals surface area (Å²) in [5, 5.41) is 5.62. The summed E-state index contributed by atoms with van der Waals surface area (Å²) in [4.78, 5) is 28.0. The van der Waals surface area contributed by atoms with Gasteiger partial charge in [-0.2, -0.15) is 0 Å². The number of amides is 2. The summed E-state index contributed by atoms with van der Waals surface area (Å²) in [6.45, 7) is 2.99. The fourth-order valence-electron chi connectivity index (χ4n) is 3.04. The van der Waals surface area contributed by atoms with E-state index in [0.717, 1.165) is 19.4 Å². The van der Waals surface area contributed by atoms with Crippen LogP contribution >= 0.6 is 0 Å². The van der Waals surface area contributed by atoms with Gasteiger partial charge in [-0.3, -0.25) is 4.79 Å². The fraction of sp³-hybridized carbons (Fsp3) is 0.333. The van der Waals surface area contributed by atoms with Gasteiger partial charge < -0.3 is 20.5 Å². The molecule has 2 amide bonds. The Balaban J connectivity index is 1.60. The first-order valence-corrected chi connectivity index (χ1v) is 8.29. The van der Waals surface area contributed by atoms with Gasteiger partial charge in [0, 0.05) is 30.9 Å². The number of hydrogen-bond acceptors (Lipinski definition) is 3. The van der Waals surface area contributed by atoms with E-state index in [-0.39, 0.29) is 23.4 Å². The average molecular weight is 344 g/mol. The van der Waals surface area contributed by atoms with Crippen LogP contribution in [0.2, 0.25) is 0 Å². The Morgan fingerprint density at radius 3 is 2.92 bits per heavy atom. The van der Waals surface area contributed by atoms with Crippen molar-refractivity contribution in [2.24, 2.45) is 0 Å². The van der Waals surface area contributed by atoms with Gasteiger partial charge in [0.25, 0.3) is 5.56 Å². The van der Waals surface area contributed by atoms with E-state index in [0.29, 0.717) is 23.5 Å². The van der Waals surface area contributed by atoms with Gasteiger partial charge in [0.2, 0.25) is 0 Å². The van der Waals surface area contributed by atoms with Crippen LogP contribution in [0.4, 0.5) is 20.6 Å². The van der Waals surface area contributed by atoms with Crippen molar-refractivity contribution in [1.82, 2.24) is 10.3 Å². The highest BCUT2D eigenvalue weighted by Crippen LogP contribution is 2.22. The number of aromatic amines is 1. The normalized spacial score (nSPS) is 17.2. The maximum atomic E-state index is 14.0. The third kappa shape index (κ3) is 4.17. The number of urea groups is 1. The van der Waals surface area contributed by atoms with Gasteiger partial charge in [-0.1, -0.05) is 12.1 Å². The lowest BCUT2D eigenvalue weighted by atomic mass is 10.0. The zero-order valence-electron chi connectivity index (χ0n) is 14.0. The number of hydrogen-bond donors (Lipinski definition) is 3.